The minimum atomic E-state index is -0.919. The minimum Gasteiger partial charge on any atom is -0.478 e. The van der Waals surface area contributed by atoms with Crippen LogP contribution in [0, 0.1) is 0 Å². The molecule has 0 saturated heterocycles. The first-order valence-corrected chi connectivity index (χ1v) is 7.11. The van der Waals surface area contributed by atoms with Crippen LogP contribution in [-0.4, -0.2) is 17.7 Å². The first-order chi connectivity index (χ1) is 8.72. The zero-order valence-corrected chi connectivity index (χ0v) is 11.5. The molecule has 0 aliphatic carbocycles. The van der Waals surface area contributed by atoms with Crippen molar-refractivity contribution in [3.05, 3.63) is 28.0 Å². The molecule has 100 valence electrons. The Kier molecular flexibility index (Phi) is 7.37. The summed E-state index contributed by atoms with van der Waals surface area (Å²) in [6, 6.07) is 3.90. The molecule has 0 unspecified atom stereocenters. The zero-order chi connectivity index (χ0) is 13.2. The third-order valence-corrected chi connectivity index (χ3v) is 3.48. The van der Waals surface area contributed by atoms with Gasteiger partial charge in [-0.25, -0.2) is 4.79 Å². The smallest absolute Gasteiger partial charge is 0.328 e. The summed E-state index contributed by atoms with van der Waals surface area (Å²) < 4.78 is 5.58. The second kappa shape index (κ2) is 8.89. The Morgan fingerprint density at radius 1 is 1.39 bits per heavy atom. The van der Waals surface area contributed by atoms with Crippen LogP contribution in [0.2, 0.25) is 0 Å². The van der Waals surface area contributed by atoms with Crippen LogP contribution in [-0.2, 0) is 16.1 Å². The van der Waals surface area contributed by atoms with Crippen molar-refractivity contribution in [3.8, 4) is 0 Å². The van der Waals surface area contributed by atoms with Crippen molar-refractivity contribution in [1.82, 2.24) is 0 Å². The van der Waals surface area contributed by atoms with E-state index in [9.17, 15) is 4.79 Å². The molecule has 0 aliphatic heterocycles. The summed E-state index contributed by atoms with van der Waals surface area (Å²) in [5.74, 6) is -0.919. The number of thiophene rings is 1. The van der Waals surface area contributed by atoms with Crippen LogP contribution in [0.15, 0.2) is 18.2 Å². The van der Waals surface area contributed by atoms with E-state index in [-0.39, 0.29) is 0 Å². The third-order valence-electron chi connectivity index (χ3n) is 2.46. The van der Waals surface area contributed by atoms with E-state index in [0.717, 1.165) is 28.9 Å². The van der Waals surface area contributed by atoms with Gasteiger partial charge in [-0.1, -0.05) is 26.2 Å². The van der Waals surface area contributed by atoms with Gasteiger partial charge in [0.05, 0.1) is 6.61 Å². The van der Waals surface area contributed by atoms with Crippen LogP contribution in [0.4, 0.5) is 0 Å². The summed E-state index contributed by atoms with van der Waals surface area (Å²) in [6.07, 6.45) is 7.62. The molecule has 0 radical (unpaired) electrons. The van der Waals surface area contributed by atoms with E-state index >= 15 is 0 Å². The highest BCUT2D eigenvalue weighted by Gasteiger charge is 1.98. The van der Waals surface area contributed by atoms with Crippen molar-refractivity contribution in [2.24, 2.45) is 0 Å². The van der Waals surface area contributed by atoms with Crippen LogP contribution >= 0.6 is 11.3 Å². The summed E-state index contributed by atoms with van der Waals surface area (Å²) in [6.45, 7) is 3.62. The molecule has 0 amide bonds. The number of carboxylic acids is 1. The number of hydrogen-bond donors (Lipinski definition) is 1. The number of rotatable bonds is 9. The van der Waals surface area contributed by atoms with Crippen molar-refractivity contribution < 1.29 is 14.6 Å². The maximum absolute atomic E-state index is 10.4. The third kappa shape index (κ3) is 6.57. The first-order valence-electron chi connectivity index (χ1n) is 6.30. The molecule has 0 aromatic carbocycles. The van der Waals surface area contributed by atoms with E-state index < -0.39 is 5.97 Å². The van der Waals surface area contributed by atoms with Gasteiger partial charge in [-0.15, -0.1) is 11.3 Å². The SMILES string of the molecule is CCCCCCOCc1ccc(C=CC(=O)O)s1. The molecule has 0 aliphatic rings. The molecule has 1 aromatic heterocycles. The van der Waals surface area contributed by atoms with Gasteiger partial charge >= 0.3 is 5.97 Å². The predicted molar refractivity (Wildman–Crippen MR) is 74.8 cm³/mol. The molecule has 4 heteroatoms. The quantitative estimate of drug-likeness (QED) is 0.545. The standard InChI is InChI=1S/C14H20O3S/c1-2-3-4-5-10-17-11-13-7-6-12(18-13)8-9-14(15)16/h6-9H,2-5,10-11H2,1H3,(H,15,16). The molecule has 0 spiro atoms. The van der Waals surface area contributed by atoms with Gasteiger partial charge in [0.1, 0.15) is 0 Å². The van der Waals surface area contributed by atoms with Crippen LogP contribution in [0.25, 0.3) is 6.08 Å². The lowest BCUT2D eigenvalue weighted by Crippen LogP contribution is -1.93. The van der Waals surface area contributed by atoms with Gasteiger partial charge in [0, 0.05) is 22.4 Å². The number of ether oxygens (including phenoxy) is 1. The molecular formula is C14H20O3S. The Labute approximate surface area is 112 Å². The van der Waals surface area contributed by atoms with E-state index in [0.29, 0.717) is 6.61 Å². The van der Waals surface area contributed by atoms with Crippen molar-refractivity contribution in [2.75, 3.05) is 6.61 Å². The van der Waals surface area contributed by atoms with Crippen LogP contribution in [0.5, 0.6) is 0 Å². The lowest BCUT2D eigenvalue weighted by atomic mass is 10.2. The molecule has 0 saturated carbocycles. The van der Waals surface area contributed by atoms with Crippen LogP contribution in [0.3, 0.4) is 0 Å². The maximum atomic E-state index is 10.4. The second-order valence-electron chi connectivity index (χ2n) is 4.09. The lowest BCUT2D eigenvalue weighted by molar-refractivity contribution is -0.131. The molecule has 3 nitrogen and oxygen atoms in total. The normalized spacial score (nSPS) is 11.2. The highest BCUT2D eigenvalue weighted by atomic mass is 32.1. The Hall–Kier alpha value is -1.13. The molecule has 1 N–H and O–H groups in total. The van der Waals surface area contributed by atoms with Gasteiger partial charge in [-0.2, -0.15) is 0 Å². The van der Waals surface area contributed by atoms with Gasteiger partial charge in [0.25, 0.3) is 0 Å². The van der Waals surface area contributed by atoms with E-state index in [2.05, 4.69) is 6.92 Å². The van der Waals surface area contributed by atoms with E-state index in [4.69, 9.17) is 9.84 Å². The fraction of sp³-hybridized carbons (Fsp3) is 0.500. The molecule has 1 rings (SSSR count). The number of hydrogen-bond acceptors (Lipinski definition) is 3. The zero-order valence-electron chi connectivity index (χ0n) is 10.7. The minimum absolute atomic E-state index is 0.623. The van der Waals surface area contributed by atoms with E-state index in [1.165, 1.54) is 19.3 Å². The Morgan fingerprint density at radius 2 is 2.22 bits per heavy atom. The van der Waals surface area contributed by atoms with Crippen molar-refractivity contribution in [2.45, 2.75) is 39.2 Å². The summed E-state index contributed by atoms with van der Waals surface area (Å²) >= 11 is 1.57. The van der Waals surface area contributed by atoms with Gasteiger partial charge in [0.15, 0.2) is 0 Å². The van der Waals surface area contributed by atoms with Crippen molar-refractivity contribution >= 4 is 23.4 Å². The number of carboxylic acid groups (broad SMARTS) is 1. The fourth-order valence-corrected chi connectivity index (χ4v) is 2.37. The average Bonchev–Trinajstić information content (AvgIpc) is 2.79. The Morgan fingerprint density at radius 3 is 2.94 bits per heavy atom. The first kappa shape index (κ1) is 14.9. The van der Waals surface area contributed by atoms with Gasteiger partial charge in [0.2, 0.25) is 0 Å². The molecule has 0 atom stereocenters. The highest BCUT2D eigenvalue weighted by molar-refractivity contribution is 7.12. The molecule has 18 heavy (non-hydrogen) atoms. The van der Waals surface area contributed by atoms with Gasteiger partial charge in [-0.05, 0) is 24.6 Å². The van der Waals surface area contributed by atoms with Crippen molar-refractivity contribution in [3.63, 3.8) is 0 Å². The van der Waals surface area contributed by atoms with E-state index in [1.807, 2.05) is 12.1 Å². The Balaban J connectivity index is 2.21. The summed E-state index contributed by atoms with van der Waals surface area (Å²) in [4.78, 5) is 12.5. The topological polar surface area (TPSA) is 46.5 Å². The lowest BCUT2D eigenvalue weighted by Gasteiger charge is -2.01. The summed E-state index contributed by atoms with van der Waals surface area (Å²) in [7, 11) is 0. The molecular weight excluding hydrogens is 248 g/mol. The maximum Gasteiger partial charge on any atom is 0.328 e. The second-order valence-corrected chi connectivity index (χ2v) is 5.29. The number of carbonyl (C=O) groups is 1. The highest BCUT2D eigenvalue weighted by Crippen LogP contribution is 2.18. The molecule has 1 heterocycles. The van der Waals surface area contributed by atoms with Gasteiger partial charge in [-0.3, -0.25) is 0 Å². The number of unbranched alkanes of at least 4 members (excludes halogenated alkanes) is 3. The molecule has 1 aromatic rings. The largest absolute Gasteiger partial charge is 0.478 e. The molecule has 0 bridgehead atoms. The molecule has 0 fully saturated rings. The van der Waals surface area contributed by atoms with E-state index in [1.54, 1.807) is 17.4 Å². The summed E-state index contributed by atoms with van der Waals surface area (Å²) in [5.41, 5.74) is 0. The fourth-order valence-electron chi connectivity index (χ4n) is 1.52. The van der Waals surface area contributed by atoms with Crippen LogP contribution < -0.4 is 0 Å². The van der Waals surface area contributed by atoms with Crippen LogP contribution in [0.1, 0.15) is 42.4 Å². The monoisotopic (exact) mass is 268 g/mol. The average molecular weight is 268 g/mol. The van der Waals surface area contributed by atoms with Crippen molar-refractivity contribution in [1.29, 1.82) is 0 Å². The van der Waals surface area contributed by atoms with Gasteiger partial charge < -0.3 is 9.84 Å². The predicted octanol–water partition coefficient (Wildman–Crippen LogP) is 3.94. The summed E-state index contributed by atoms with van der Waals surface area (Å²) in [5, 5.41) is 8.52. The Bertz CT molecular complexity index is 382. The number of aliphatic carboxylic acids is 1.